The van der Waals surface area contributed by atoms with Crippen LogP contribution in [0.25, 0.3) is 39.6 Å². The van der Waals surface area contributed by atoms with E-state index in [1.54, 1.807) is 6.20 Å². The number of hydrogen-bond donors (Lipinski definition) is 1. The number of benzene rings is 4. The second-order valence-electron chi connectivity index (χ2n) is 12.1. The van der Waals surface area contributed by atoms with Crippen LogP contribution in [0, 0.1) is 0 Å². The number of fused-ring (bicyclic) bond motifs is 5. The summed E-state index contributed by atoms with van der Waals surface area (Å²) in [6.45, 7) is 2.59. The number of carbonyl (C=O) groups is 1. The van der Waals surface area contributed by atoms with Gasteiger partial charge in [0.2, 0.25) is 0 Å². The summed E-state index contributed by atoms with van der Waals surface area (Å²) in [6.07, 6.45) is 5.54. The van der Waals surface area contributed by atoms with Gasteiger partial charge in [0.25, 0.3) is 0 Å². The zero-order valence-corrected chi connectivity index (χ0v) is 25.0. The summed E-state index contributed by atoms with van der Waals surface area (Å²) in [4.78, 5) is 23.0. The fraction of sp³-hybridized carbons (Fsp3) is 0.154. The fourth-order valence-electron chi connectivity index (χ4n) is 6.49. The smallest absolute Gasteiger partial charge is 0.338 e. The first-order valence-corrected chi connectivity index (χ1v) is 15.4. The predicted octanol–water partition coefficient (Wildman–Crippen LogP) is 9.12. The third kappa shape index (κ3) is 4.79. The van der Waals surface area contributed by atoms with Crippen molar-refractivity contribution in [3.8, 4) is 39.6 Å². The highest BCUT2D eigenvalue weighted by molar-refractivity contribution is 5.93. The van der Waals surface area contributed by atoms with Crippen LogP contribution in [0.4, 0.5) is 11.5 Å². The molecular weight excluding hydrogens is 556 g/mol. The normalized spacial score (nSPS) is 14.2. The molecule has 45 heavy (non-hydrogen) atoms. The molecule has 1 aliphatic carbocycles. The van der Waals surface area contributed by atoms with Crippen LogP contribution in [0.5, 0.6) is 0 Å². The van der Waals surface area contributed by atoms with E-state index >= 15 is 0 Å². The number of nitrogens with one attached hydrogen (secondary N) is 1. The molecule has 2 aliphatic rings. The van der Waals surface area contributed by atoms with E-state index in [1.807, 2.05) is 72.8 Å². The van der Waals surface area contributed by atoms with E-state index in [-0.39, 0.29) is 18.0 Å². The zero-order chi connectivity index (χ0) is 30.4. The van der Waals surface area contributed by atoms with Crippen molar-refractivity contribution in [2.24, 2.45) is 0 Å². The molecule has 1 aliphatic heterocycles. The predicted molar refractivity (Wildman–Crippen MR) is 178 cm³/mol. The van der Waals surface area contributed by atoms with E-state index in [9.17, 15) is 4.79 Å². The minimum absolute atomic E-state index is 0.231. The minimum atomic E-state index is -0.355. The Morgan fingerprint density at radius 3 is 2.33 bits per heavy atom. The van der Waals surface area contributed by atoms with Crippen LogP contribution in [0.1, 0.15) is 47.7 Å². The monoisotopic (exact) mass is 588 g/mol. The molecule has 6 aromatic rings. The Kier molecular flexibility index (Phi) is 6.56. The van der Waals surface area contributed by atoms with Gasteiger partial charge in [-0.2, -0.15) is 0 Å². The molecule has 0 radical (unpaired) electrons. The molecule has 0 bridgehead atoms. The molecule has 0 saturated heterocycles. The lowest BCUT2D eigenvalue weighted by Crippen LogP contribution is -2.30. The maximum Gasteiger partial charge on any atom is 0.338 e. The Bertz CT molecular complexity index is 2030. The van der Waals surface area contributed by atoms with E-state index in [2.05, 4.69) is 59.3 Å². The Hall–Kier alpha value is -5.49. The van der Waals surface area contributed by atoms with Crippen LogP contribution in [-0.4, -0.2) is 20.5 Å². The lowest BCUT2D eigenvalue weighted by atomic mass is 9.66. The summed E-state index contributed by atoms with van der Waals surface area (Å²) in [5, 5.41) is 3.54. The number of nitrogens with zero attached hydrogens (tertiary/aromatic N) is 3. The summed E-state index contributed by atoms with van der Waals surface area (Å²) in [7, 11) is 0. The number of carbonyl (C=O) groups excluding carboxylic acids is 1. The summed E-state index contributed by atoms with van der Waals surface area (Å²) in [5.74, 6) is 1.24. The summed E-state index contributed by atoms with van der Waals surface area (Å²) in [5.41, 5.74) is 9.73. The number of pyridine rings is 1. The minimum Gasteiger partial charge on any atom is -0.457 e. The van der Waals surface area contributed by atoms with Gasteiger partial charge in [0.15, 0.2) is 5.82 Å². The molecule has 1 N–H and O–H groups in total. The van der Waals surface area contributed by atoms with Gasteiger partial charge in [-0.1, -0.05) is 92.2 Å². The lowest BCUT2D eigenvalue weighted by Gasteiger charge is -2.39. The van der Waals surface area contributed by atoms with Gasteiger partial charge in [-0.3, -0.25) is 4.57 Å². The molecule has 220 valence electrons. The van der Waals surface area contributed by atoms with E-state index in [4.69, 9.17) is 14.7 Å². The maximum absolute atomic E-state index is 12.9. The molecule has 2 aromatic heterocycles. The average molecular weight is 589 g/mol. The number of hydrogen-bond acceptors (Lipinski definition) is 5. The Labute approximate surface area is 262 Å². The Morgan fingerprint density at radius 1 is 0.844 bits per heavy atom. The highest BCUT2D eigenvalue weighted by atomic mass is 16.5. The fourth-order valence-corrected chi connectivity index (χ4v) is 6.49. The number of rotatable bonds is 6. The summed E-state index contributed by atoms with van der Waals surface area (Å²) >= 11 is 0. The molecule has 8 rings (SSSR count). The molecular formula is C39H32N4O2. The number of esters is 1. The Morgan fingerprint density at radius 2 is 1.58 bits per heavy atom. The number of para-hydroxylation sites is 1. The molecule has 6 heteroatoms. The molecule has 0 amide bonds. The van der Waals surface area contributed by atoms with Gasteiger partial charge in [0.1, 0.15) is 12.4 Å². The molecule has 1 saturated carbocycles. The molecule has 4 aromatic carbocycles. The van der Waals surface area contributed by atoms with E-state index in [0.717, 1.165) is 56.7 Å². The average Bonchev–Trinajstić information content (AvgIpc) is 3.41. The van der Waals surface area contributed by atoms with Crippen LogP contribution < -0.4 is 5.32 Å². The molecule has 3 heterocycles. The molecule has 0 spiro atoms. The van der Waals surface area contributed by atoms with Gasteiger partial charge in [0.05, 0.1) is 28.3 Å². The second kappa shape index (κ2) is 10.9. The van der Waals surface area contributed by atoms with Crippen LogP contribution in [0.15, 0.2) is 121 Å². The topological polar surface area (TPSA) is 69.0 Å². The van der Waals surface area contributed by atoms with Crippen molar-refractivity contribution < 1.29 is 9.53 Å². The number of ether oxygens (including phenoxy) is 1. The SMILES string of the molecule is CC1(c2ccc(-c3c(-c4ccc(C(=O)OCc5ccccc5)cc4)nc4n3-c3cccnc3Nc3ccccc3-4)cc2)CCC1. The third-order valence-corrected chi connectivity index (χ3v) is 9.24. The van der Waals surface area contributed by atoms with Crippen molar-refractivity contribution in [3.63, 3.8) is 0 Å². The van der Waals surface area contributed by atoms with E-state index < -0.39 is 0 Å². The maximum atomic E-state index is 12.9. The van der Waals surface area contributed by atoms with Crippen LogP contribution >= 0.6 is 0 Å². The summed E-state index contributed by atoms with van der Waals surface area (Å²) in [6, 6.07) is 38.5. The molecule has 0 atom stereocenters. The quantitative estimate of drug-likeness (QED) is 0.196. The number of imidazole rings is 1. The van der Waals surface area contributed by atoms with Gasteiger partial charge in [-0.25, -0.2) is 14.8 Å². The van der Waals surface area contributed by atoms with Crippen molar-refractivity contribution >= 4 is 17.5 Å². The van der Waals surface area contributed by atoms with Gasteiger partial charge < -0.3 is 10.1 Å². The van der Waals surface area contributed by atoms with Crippen molar-refractivity contribution in [3.05, 3.63) is 138 Å². The van der Waals surface area contributed by atoms with E-state index in [1.165, 1.54) is 24.8 Å². The first kappa shape index (κ1) is 27.1. The van der Waals surface area contributed by atoms with Gasteiger partial charge in [0, 0.05) is 22.9 Å². The van der Waals surface area contributed by atoms with Crippen molar-refractivity contribution in [1.82, 2.24) is 14.5 Å². The van der Waals surface area contributed by atoms with Crippen molar-refractivity contribution in [1.29, 1.82) is 0 Å². The van der Waals surface area contributed by atoms with Crippen LogP contribution in [0.2, 0.25) is 0 Å². The molecule has 6 nitrogen and oxygen atoms in total. The zero-order valence-electron chi connectivity index (χ0n) is 25.0. The first-order valence-electron chi connectivity index (χ1n) is 15.4. The largest absolute Gasteiger partial charge is 0.457 e. The van der Waals surface area contributed by atoms with E-state index in [0.29, 0.717) is 5.56 Å². The Balaban J connectivity index is 1.25. The number of aromatic nitrogens is 3. The second-order valence-corrected chi connectivity index (χ2v) is 12.1. The standard InChI is InChI=1S/C39H32N4O2/c1-39(22-8-23-39)30-20-18-28(19-21-30)35-34(27-14-16-29(17-15-27)38(44)45-25-26-9-3-2-4-10-26)42-37-31-11-5-6-12-32(31)41-36-33(43(35)37)13-7-24-40-36/h2-7,9-21,24H,8,22-23,25H2,1H3,(H,40,41). The highest BCUT2D eigenvalue weighted by Crippen LogP contribution is 2.46. The van der Waals surface area contributed by atoms with Crippen molar-refractivity contribution in [2.45, 2.75) is 38.2 Å². The van der Waals surface area contributed by atoms with Gasteiger partial charge >= 0.3 is 5.97 Å². The molecule has 0 unspecified atom stereocenters. The third-order valence-electron chi connectivity index (χ3n) is 9.24. The first-order chi connectivity index (χ1) is 22.1. The lowest BCUT2D eigenvalue weighted by molar-refractivity contribution is 0.0472. The van der Waals surface area contributed by atoms with Gasteiger partial charge in [-0.15, -0.1) is 0 Å². The van der Waals surface area contributed by atoms with Crippen LogP contribution in [-0.2, 0) is 16.8 Å². The van der Waals surface area contributed by atoms with Crippen molar-refractivity contribution in [2.75, 3.05) is 5.32 Å². The van der Waals surface area contributed by atoms with Crippen LogP contribution in [0.3, 0.4) is 0 Å². The number of anilines is 2. The van der Waals surface area contributed by atoms with Gasteiger partial charge in [-0.05, 0) is 65.8 Å². The molecule has 1 fully saturated rings. The highest BCUT2D eigenvalue weighted by Gasteiger charge is 2.34. The summed E-state index contributed by atoms with van der Waals surface area (Å²) < 4.78 is 7.81.